The molecule has 68 valence electrons. The molecule has 0 bridgehead atoms. The number of hydrogen-bond acceptors (Lipinski definition) is 3. The SMILES string of the molecule is N#CCOc1ccc(Cl)cc1CN. The highest BCUT2D eigenvalue weighted by atomic mass is 35.5. The Bertz CT molecular complexity index is 333. The first-order chi connectivity index (χ1) is 6.27. The molecule has 0 fully saturated rings. The van der Waals surface area contributed by atoms with Crippen LogP contribution in [0.5, 0.6) is 5.75 Å². The molecule has 0 aliphatic heterocycles. The van der Waals surface area contributed by atoms with Crippen molar-refractivity contribution in [3.63, 3.8) is 0 Å². The van der Waals surface area contributed by atoms with Gasteiger partial charge in [0, 0.05) is 17.1 Å². The molecule has 0 atom stereocenters. The summed E-state index contributed by atoms with van der Waals surface area (Å²) in [6.45, 7) is 0.371. The average molecular weight is 197 g/mol. The molecule has 1 aromatic carbocycles. The van der Waals surface area contributed by atoms with E-state index in [2.05, 4.69) is 0 Å². The number of nitrogens with two attached hydrogens (primary N) is 1. The number of nitrogens with zero attached hydrogens (tertiary/aromatic N) is 1. The Morgan fingerprint density at radius 3 is 2.92 bits per heavy atom. The molecule has 1 rings (SSSR count). The molecule has 0 aliphatic rings. The zero-order valence-electron chi connectivity index (χ0n) is 6.96. The summed E-state index contributed by atoms with van der Waals surface area (Å²) in [4.78, 5) is 0. The Morgan fingerprint density at radius 1 is 1.54 bits per heavy atom. The maximum Gasteiger partial charge on any atom is 0.174 e. The highest BCUT2D eigenvalue weighted by Gasteiger charge is 2.02. The van der Waals surface area contributed by atoms with Gasteiger partial charge in [0.2, 0.25) is 0 Å². The fraction of sp³-hybridized carbons (Fsp3) is 0.222. The first-order valence-electron chi connectivity index (χ1n) is 3.76. The molecule has 4 heteroatoms. The highest BCUT2D eigenvalue weighted by molar-refractivity contribution is 6.30. The molecule has 0 unspecified atom stereocenters. The van der Waals surface area contributed by atoms with Gasteiger partial charge in [-0.25, -0.2) is 0 Å². The monoisotopic (exact) mass is 196 g/mol. The van der Waals surface area contributed by atoms with Crippen molar-refractivity contribution in [1.82, 2.24) is 0 Å². The Balaban J connectivity index is 2.87. The van der Waals surface area contributed by atoms with Gasteiger partial charge in [0.05, 0.1) is 0 Å². The zero-order chi connectivity index (χ0) is 9.68. The molecular formula is C9H9ClN2O. The molecule has 0 saturated heterocycles. The number of ether oxygens (including phenoxy) is 1. The van der Waals surface area contributed by atoms with E-state index in [-0.39, 0.29) is 6.61 Å². The summed E-state index contributed by atoms with van der Waals surface area (Å²) in [7, 11) is 0. The van der Waals surface area contributed by atoms with Crippen LogP contribution in [0.1, 0.15) is 5.56 Å². The van der Waals surface area contributed by atoms with E-state index in [0.29, 0.717) is 17.3 Å². The Labute approximate surface area is 81.7 Å². The minimum atomic E-state index is 0.0225. The Hall–Kier alpha value is -1.24. The number of hydrogen-bond donors (Lipinski definition) is 1. The Kier molecular flexibility index (Phi) is 3.56. The van der Waals surface area contributed by atoms with Crippen molar-refractivity contribution in [2.75, 3.05) is 6.61 Å². The molecule has 2 N–H and O–H groups in total. The molecule has 0 aromatic heterocycles. The predicted molar refractivity (Wildman–Crippen MR) is 50.5 cm³/mol. The minimum absolute atomic E-state index is 0.0225. The van der Waals surface area contributed by atoms with E-state index in [4.69, 9.17) is 27.3 Å². The maximum atomic E-state index is 8.31. The van der Waals surface area contributed by atoms with E-state index in [9.17, 15) is 0 Å². The second-order valence-electron chi connectivity index (χ2n) is 2.40. The lowest BCUT2D eigenvalue weighted by Gasteiger charge is -2.07. The third-order valence-electron chi connectivity index (χ3n) is 1.53. The standard InChI is InChI=1S/C9H9ClN2O/c10-8-1-2-9(13-4-3-11)7(5-8)6-12/h1-2,5H,4,6,12H2. The second-order valence-corrected chi connectivity index (χ2v) is 2.84. The van der Waals surface area contributed by atoms with Gasteiger partial charge in [0.25, 0.3) is 0 Å². The molecule has 0 heterocycles. The van der Waals surface area contributed by atoms with Crippen LogP contribution in [0.25, 0.3) is 0 Å². The summed E-state index contributed by atoms with van der Waals surface area (Å²) in [5, 5.41) is 8.93. The van der Waals surface area contributed by atoms with Crippen LogP contribution in [0.4, 0.5) is 0 Å². The van der Waals surface area contributed by atoms with Crippen molar-refractivity contribution in [2.24, 2.45) is 5.73 Å². The van der Waals surface area contributed by atoms with E-state index in [1.165, 1.54) is 0 Å². The molecule has 0 aliphatic carbocycles. The maximum absolute atomic E-state index is 8.31. The normalized spacial score (nSPS) is 9.31. The number of rotatable bonds is 3. The van der Waals surface area contributed by atoms with Crippen molar-refractivity contribution in [3.8, 4) is 11.8 Å². The topological polar surface area (TPSA) is 59.0 Å². The van der Waals surface area contributed by atoms with Gasteiger partial charge < -0.3 is 10.5 Å². The van der Waals surface area contributed by atoms with Crippen molar-refractivity contribution < 1.29 is 4.74 Å². The Morgan fingerprint density at radius 2 is 2.31 bits per heavy atom. The van der Waals surface area contributed by atoms with Crippen molar-refractivity contribution in [2.45, 2.75) is 6.54 Å². The van der Waals surface area contributed by atoms with Gasteiger partial charge in [-0.1, -0.05) is 11.6 Å². The van der Waals surface area contributed by atoms with Gasteiger partial charge >= 0.3 is 0 Å². The first-order valence-corrected chi connectivity index (χ1v) is 4.14. The molecule has 3 nitrogen and oxygen atoms in total. The van der Waals surface area contributed by atoms with Crippen LogP contribution < -0.4 is 10.5 Å². The quantitative estimate of drug-likeness (QED) is 0.801. The van der Waals surface area contributed by atoms with Gasteiger partial charge in [-0.2, -0.15) is 5.26 Å². The summed E-state index contributed by atoms with van der Waals surface area (Å²) in [5.41, 5.74) is 6.28. The molecule has 1 aromatic rings. The number of benzene rings is 1. The molecule has 0 amide bonds. The van der Waals surface area contributed by atoms with E-state index in [0.717, 1.165) is 5.56 Å². The van der Waals surface area contributed by atoms with Crippen LogP contribution in [0, 0.1) is 11.3 Å². The average Bonchev–Trinajstić information content (AvgIpc) is 2.16. The highest BCUT2D eigenvalue weighted by Crippen LogP contribution is 2.22. The van der Waals surface area contributed by atoms with Crippen LogP contribution in [0.3, 0.4) is 0 Å². The molecule has 0 radical (unpaired) electrons. The van der Waals surface area contributed by atoms with Crippen LogP contribution >= 0.6 is 11.6 Å². The van der Waals surface area contributed by atoms with Crippen LogP contribution in [-0.2, 0) is 6.54 Å². The lowest BCUT2D eigenvalue weighted by molar-refractivity contribution is 0.364. The van der Waals surface area contributed by atoms with Gasteiger partial charge in [0.15, 0.2) is 6.61 Å². The summed E-state index contributed by atoms with van der Waals surface area (Å²) in [6.07, 6.45) is 0. The summed E-state index contributed by atoms with van der Waals surface area (Å²) in [6, 6.07) is 7.03. The van der Waals surface area contributed by atoms with Gasteiger partial charge in [0.1, 0.15) is 11.8 Å². The van der Waals surface area contributed by atoms with Crippen LogP contribution in [0.15, 0.2) is 18.2 Å². The fourth-order valence-electron chi connectivity index (χ4n) is 0.958. The van der Waals surface area contributed by atoms with Gasteiger partial charge in [-0.05, 0) is 18.2 Å². The summed E-state index contributed by atoms with van der Waals surface area (Å²) >= 11 is 5.75. The molecule has 13 heavy (non-hydrogen) atoms. The van der Waals surface area contributed by atoms with Crippen molar-refractivity contribution in [1.29, 1.82) is 5.26 Å². The van der Waals surface area contributed by atoms with Gasteiger partial charge in [-0.3, -0.25) is 0 Å². The van der Waals surface area contributed by atoms with E-state index < -0.39 is 0 Å². The largest absolute Gasteiger partial charge is 0.478 e. The summed E-state index contributed by atoms with van der Waals surface area (Å²) < 4.78 is 5.13. The molecular weight excluding hydrogens is 188 g/mol. The van der Waals surface area contributed by atoms with E-state index >= 15 is 0 Å². The lowest BCUT2D eigenvalue weighted by atomic mass is 10.2. The van der Waals surface area contributed by atoms with Crippen LogP contribution in [0.2, 0.25) is 5.02 Å². The zero-order valence-corrected chi connectivity index (χ0v) is 7.71. The number of halogens is 1. The van der Waals surface area contributed by atoms with Crippen molar-refractivity contribution >= 4 is 11.6 Å². The predicted octanol–water partition coefficient (Wildman–Crippen LogP) is 1.70. The number of nitriles is 1. The third kappa shape index (κ3) is 2.62. The lowest BCUT2D eigenvalue weighted by Crippen LogP contribution is -2.02. The summed E-state index contributed by atoms with van der Waals surface area (Å²) in [5.74, 6) is 0.619. The molecule has 0 saturated carbocycles. The minimum Gasteiger partial charge on any atom is -0.478 e. The van der Waals surface area contributed by atoms with E-state index in [1.807, 2.05) is 6.07 Å². The smallest absolute Gasteiger partial charge is 0.174 e. The van der Waals surface area contributed by atoms with Crippen molar-refractivity contribution in [3.05, 3.63) is 28.8 Å². The third-order valence-corrected chi connectivity index (χ3v) is 1.77. The first kappa shape index (κ1) is 9.85. The fourth-order valence-corrected chi connectivity index (χ4v) is 1.15. The van der Waals surface area contributed by atoms with Gasteiger partial charge in [-0.15, -0.1) is 0 Å². The second kappa shape index (κ2) is 4.70. The van der Waals surface area contributed by atoms with E-state index in [1.54, 1.807) is 18.2 Å². The van der Waals surface area contributed by atoms with Crippen LogP contribution in [-0.4, -0.2) is 6.61 Å². The molecule has 0 spiro atoms.